The second-order valence-corrected chi connectivity index (χ2v) is 9.47. The number of morpholine rings is 1. The molecular weight excluding hydrogens is 448 g/mol. The van der Waals surface area contributed by atoms with Crippen molar-refractivity contribution in [3.05, 3.63) is 54.6 Å². The summed E-state index contributed by atoms with van der Waals surface area (Å²) in [6, 6.07) is 8.38. The first-order chi connectivity index (χ1) is 16.8. The van der Waals surface area contributed by atoms with Crippen LogP contribution in [0.2, 0.25) is 0 Å². The van der Waals surface area contributed by atoms with Crippen LogP contribution in [0.4, 0.5) is 17.2 Å². The zero-order chi connectivity index (χ0) is 22.9. The normalized spacial score (nSPS) is 15.9. The number of ether oxygens (including phenoxy) is 2. The first-order valence-corrected chi connectivity index (χ1v) is 12.5. The van der Waals surface area contributed by atoms with Crippen molar-refractivity contribution in [2.24, 2.45) is 0 Å². The molecule has 1 fully saturated rings. The lowest BCUT2D eigenvalue weighted by Gasteiger charge is -2.30. The number of methoxy groups -OCH3 is 1. The first-order valence-electron chi connectivity index (χ1n) is 11.5. The van der Waals surface area contributed by atoms with Gasteiger partial charge in [-0.2, -0.15) is 0 Å². The Morgan fingerprint density at radius 3 is 2.94 bits per heavy atom. The maximum atomic E-state index is 5.72. The fourth-order valence-electron chi connectivity index (χ4n) is 4.49. The van der Waals surface area contributed by atoms with Gasteiger partial charge in [-0.1, -0.05) is 0 Å². The number of anilines is 3. The summed E-state index contributed by atoms with van der Waals surface area (Å²) in [4.78, 5) is 16.5. The molecule has 9 heteroatoms. The van der Waals surface area contributed by atoms with Gasteiger partial charge in [0, 0.05) is 55.2 Å². The summed E-state index contributed by atoms with van der Waals surface area (Å²) >= 11 is 1.83. The van der Waals surface area contributed by atoms with E-state index in [1.807, 2.05) is 40.8 Å². The Kier molecular flexibility index (Phi) is 5.72. The average molecular weight is 475 g/mol. The van der Waals surface area contributed by atoms with Crippen molar-refractivity contribution in [1.82, 2.24) is 19.4 Å². The third kappa shape index (κ3) is 4.05. The Balaban J connectivity index is 1.35. The highest BCUT2D eigenvalue weighted by atomic mass is 32.2. The molecule has 0 atom stereocenters. The summed E-state index contributed by atoms with van der Waals surface area (Å²) in [6.45, 7) is 3.17. The zero-order valence-corrected chi connectivity index (χ0v) is 19.8. The molecule has 34 heavy (non-hydrogen) atoms. The number of imidazole rings is 1. The highest BCUT2D eigenvalue weighted by Crippen LogP contribution is 2.34. The molecule has 4 aromatic rings. The van der Waals surface area contributed by atoms with Crippen molar-refractivity contribution < 1.29 is 9.47 Å². The average Bonchev–Trinajstić information content (AvgIpc) is 3.38. The van der Waals surface area contributed by atoms with Crippen LogP contribution >= 0.6 is 11.8 Å². The van der Waals surface area contributed by atoms with Gasteiger partial charge in [0.1, 0.15) is 5.75 Å². The van der Waals surface area contributed by atoms with E-state index in [4.69, 9.17) is 19.4 Å². The van der Waals surface area contributed by atoms with Crippen LogP contribution in [-0.2, 0) is 11.2 Å². The van der Waals surface area contributed by atoms with Gasteiger partial charge in [-0.25, -0.2) is 15.0 Å². The van der Waals surface area contributed by atoms with Crippen LogP contribution in [0.25, 0.3) is 16.9 Å². The number of nitrogens with one attached hydrogen (secondary N) is 1. The monoisotopic (exact) mass is 474 g/mol. The van der Waals surface area contributed by atoms with Gasteiger partial charge in [0.15, 0.2) is 11.5 Å². The van der Waals surface area contributed by atoms with Crippen LogP contribution in [0.5, 0.6) is 5.75 Å². The smallest absolute Gasteiger partial charge is 0.180 e. The molecule has 5 heterocycles. The minimum absolute atomic E-state index is 0.691. The molecule has 3 aromatic heterocycles. The predicted molar refractivity (Wildman–Crippen MR) is 135 cm³/mol. The van der Waals surface area contributed by atoms with Crippen molar-refractivity contribution in [1.29, 1.82) is 0 Å². The van der Waals surface area contributed by atoms with E-state index in [0.717, 1.165) is 77.5 Å². The summed E-state index contributed by atoms with van der Waals surface area (Å²) in [5, 5.41) is 4.61. The number of nitrogens with zero attached hydrogens (tertiary/aromatic N) is 5. The second-order valence-electron chi connectivity index (χ2n) is 8.38. The van der Waals surface area contributed by atoms with E-state index in [9.17, 15) is 0 Å². The number of hydrogen-bond donors (Lipinski definition) is 1. The molecule has 0 unspecified atom stereocenters. The predicted octanol–water partition coefficient (Wildman–Crippen LogP) is 4.42. The molecule has 1 saturated heterocycles. The summed E-state index contributed by atoms with van der Waals surface area (Å²) in [7, 11) is 1.70. The lowest BCUT2D eigenvalue weighted by molar-refractivity contribution is 0.122. The van der Waals surface area contributed by atoms with E-state index in [2.05, 4.69) is 33.4 Å². The molecule has 1 aromatic carbocycles. The number of benzene rings is 1. The van der Waals surface area contributed by atoms with E-state index < -0.39 is 0 Å². The van der Waals surface area contributed by atoms with Gasteiger partial charge in [-0.15, -0.1) is 11.8 Å². The number of fused-ring (bicyclic) bond motifs is 2. The van der Waals surface area contributed by atoms with E-state index in [1.165, 1.54) is 12.0 Å². The lowest BCUT2D eigenvalue weighted by atomic mass is 10.1. The quantitative estimate of drug-likeness (QED) is 0.456. The number of rotatable bonds is 5. The third-order valence-electron chi connectivity index (χ3n) is 6.22. The number of aryl methyl sites for hydroxylation is 1. The van der Waals surface area contributed by atoms with Gasteiger partial charge in [-0.05, 0) is 42.4 Å². The Morgan fingerprint density at radius 2 is 2.06 bits per heavy atom. The molecule has 2 aliphatic rings. The molecule has 0 aliphatic carbocycles. The van der Waals surface area contributed by atoms with Crippen LogP contribution in [0.15, 0.2) is 54.1 Å². The van der Waals surface area contributed by atoms with Crippen molar-refractivity contribution in [2.45, 2.75) is 17.9 Å². The molecule has 0 saturated carbocycles. The molecule has 0 radical (unpaired) electrons. The zero-order valence-electron chi connectivity index (χ0n) is 19.0. The van der Waals surface area contributed by atoms with Crippen molar-refractivity contribution in [3.8, 4) is 17.0 Å². The number of hydrogen-bond acceptors (Lipinski definition) is 8. The van der Waals surface area contributed by atoms with Gasteiger partial charge < -0.3 is 24.1 Å². The highest BCUT2D eigenvalue weighted by molar-refractivity contribution is 7.99. The molecule has 0 amide bonds. The minimum Gasteiger partial charge on any atom is -0.495 e. The summed E-state index contributed by atoms with van der Waals surface area (Å²) in [5.41, 5.74) is 5.90. The summed E-state index contributed by atoms with van der Waals surface area (Å²) < 4.78 is 13.2. The fraction of sp³-hybridized carbons (Fsp3) is 0.320. The topological polar surface area (TPSA) is 76.8 Å². The molecular formula is C25H26N6O2S. The third-order valence-corrected chi connectivity index (χ3v) is 7.35. The molecule has 6 rings (SSSR count). The minimum atomic E-state index is 0.691. The van der Waals surface area contributed by atoms with E-state index in [-0.39, 0.29) is 0 Å². The van der Waals surface area contributed by atoms with Crippen molar-refractivity contribution >= 4 is 34.6 Å². The number of pyridine rings is 1. The molecule has 0 spiro atoms. The van der Waals surface area contributed by atoms with E-state index >= 15 is 0 Å². The van der Waals surface area contributed by atoms with E-state index in [0.29, 0.717) is 5.82 Å². The number of thioether (sulfide) groups is 1. The van der Waals surface area contributed by atoms with Crippen LogP contribution < -0.4 is 15.0 Å². The van der Waals surface area contributed by atoms with Gasteiger partial charge in [0.25, 0.3) is 0 Å². The maximum Gasteiger partial charge on any atom is 0.180 e. The molecule has 1 N–H and O–H groups in total. The van der Waals surface area contributed by atoms with Gasteiger partial charge in [0.2, 0.25) is 0 Å². The highest BCUT2D eigenvalue weighted by Gasteiger charge is 2.18. The lowest BCUT2D eigenvalue weighted by Crippen LogP contribution is -2.36. The van der Waals surface area contributed by atoms with Crippen molar-refractivity contribution in [2.75, 3.05) is 49.4 Å². The second kappa shape index (κ2) is 9.15. The van der Waals surface area contributed by atoms with Gasteiger partial charge >= 0.3 is 0 Å². The van der Waals surface area contributed by atoms with Crippen LogP contribution in [0, 0.1) is 0 Å². The SMILES string of the molecule is COc1cc(Nc2nc(-c3cnc4c(c3)CCCS4)cn3ccnc23)ccc1N1CCOCC1. The fourth-order valence-corrected chi connectivity index (χ4v) is 5.45. The van der Waals surface area contributed by atoms with Gasteiger partial charge in [-0.3, -0.25) is 0 Å². The molecule has 8 nitrogen and oxygen atoms in total. The van der Waals surface area contributed by atoms with Gasteiger partial charge in [0.05, 0.1) is 36.7 Å². The number of aromatic nitrogens is 4. The largest absolute Gasteiger partial charge is 0.495 e. The summed E-state index contributed by atoms with van der Waals surface area (Å²) in [6.07, 6.45) is 9.91. The van der Waals surface area contributed by atoms with Crippen LogP contribution in [0.1, 0.15) is 12.0 Å². The molecule has 2 aliphatic heterocycles. The standard InChI is InChI=1S/C25H26N6O2S/c1-32-22-14-19(4-5-21(22)30-8-10-33-11-9-30)28-23-24-26-6-7-31(24)16-20(29-23)18-13-17-3-2-12-34-25(17)27-15-18/h4-7,13-16H,2-3,8-12H2,1H3,(H,28,29). The Hall–Kier alpha value is -3.30. The Labute approximate surface area is 202 Å². The van der Waals surface area contributed by atoms with Crippen LogP contribution in [0.3, 0.4) is 0 Å². The molecule has 0 bridgehead atoms. The first kappa shape index (κ1) is 21.2. The molecule has 174 valence electrons. The Morgan fingerprint density at radius 1 is 1.15 bits per heavy atom. The summed E-state index contributed by atoms with van der Waals surface area (Å²) in [5.74, 6) is 2.65. The van der Waals surface area contributed by atoms with Crippen LogP contribution in [-0.4, -0.2) is 58.5 Å². The van der Waals surface area contributed by atoms with Crippen molar-refractivity contribution in [3.63, 3.8) is 0 Å². The van der Waals surface area contributed by atoms with E-state index in [1.54, 1.807) is 13.3 Å². The Bertz CT molecular complexity index is 1330. The maximum absolute atomic E-state index is 5.72.